The van der Waals surface area contributed by atoms with Crippen LogP contribution >= 0.6 is 11.8 Å². The summed E-state index contributed by atoms with van der Waals surface area (Å²) in [5.74, 6) is -6.78. The zero-order valence-electron chi connectivity index (χ0n) is 51.4. The van der Waals surface area contributed by atoms with Crippen LogP contribution in [-0.2, 0) is 34.6 Å². The summed E-state index contributed by atoms with van der Waals surface area (Å²) in [6.45, 7) is -11.8. The molecule has 2 heterocycles. The number of methoxy groups -OCH3 is 1. The molecule has 4 aromatic carbocycles. The molecular weight excluding hydrogens is 710 g/mol. The topological polar surface area (TPSA) is 54.8 Å². The molecular formula is C41H40F5N3O3S. The van der Waals surface area contributed by atoms with E-state index in [9.17, 15) is 29.2 Å². The van der Waals surface area contributed by atoms with E-state index in [0.717, 1.165) is 14.0 Å². The summed E-state index contributed by atoms with van der Waals surface area (Å²) < 4.78 is 288. The average Bonchev–Trinajstić information content (AvgIpc) is 3.34. The van der Waals surface area contributed by atoms with Crippen molar-refractivity contribution in [2.24, 2.45) is 0 Å². The normalized spacial score (nSPS) is 25.0. The molecule has 1 aromatic heterocycles. The SMILES string of the molecule is [2H]c1c([2H])c(F)c(F)c(CSc2c([2H])c(=O)c3c([2H])c(C)c([2H])c([2H])c3n2CC(=O)N(Cc2c([2H])c([2H])c(-c3c([2H])c([2H])c(C(F)(F)F)c([2H])c3[2H])c([2H])c2[2H])C2([2H])C([2H])([2H])C([2H])([2H])N(CCOC)C([2H])([2H])C2([2H])[2H])c1[2H]. The van der Waals surface area contributed by atoms with E-state index in [2.05, 4.69) is 0 Å². The Kier molecular flexibility index (Phi) is 5.72. The number of fused-ring (bicyclic) bond motifs is 1. The monoisotopic (exact) mass is 773 g/mol. The number of carbonyl (C=O) groups excluding carboxylic acids is 1. The van der Waals surface area contributed by atoms with E-state index in [-0.39, 0.29) is 27.1 Å². The van der Waals surface area contributed by atoms with E-state index < -0.39 is 227 Å². The van der Waals surface area contributed by atoms with Crippen molar-refractivity contribution in [1.29, 1.82) is 0 Å². The number of aromatic nitrogens is 1. The van der Waals surface area contributed by atoms with Crippen LogP contribution in [0.2, 0.25) is 0 Å². The van der Waals surface area contributed by atoms with Crippen LogP contribution in [0.15, 0.2) is 100 Å². The molecule has 0 unspecified atom stereocenters. The number of benzene rings is 4. The molecule has 1 amide bonds. The average molecular weight is 774 g/mol. The van der Waals surface area contributed by atoms with Gasteiger partial charge in [-0.2, -0.15) is 13.2 Å². The van der Waals surface area contributed by atoms with Gasteiger partial charge in [0.05, 0.1) is 44.6 Å². The van der Waals surface area contributed by atoms with Crippen LogP contribution < -0.4 is 5.43 Å². The summed E-state index contributed by atoms with van der Waals surface area (Å²) in [6.07, 6.45) is -14.0. The minimum absolute atomic E-state index is 0.000108. The van der Waals surface area contributed by atoms with Crippen LogP contribution in [0.4, 0.5) is 22.0 Å². The van der Waals surface area contributed by atoms with Gasteiger partial charge in [0.2, 0.25) is 5.91 Å². The molecule has 1 aliphatic rings. The Labute approximate surface area is 342 Å². The van der Waals surface area contributed by atoms with Gasteiger partial charge in [-0.1, -0.05) is 59.9 Å². The first-order valence-corrected chi connectivity index (χ1v) is 16.1. The predicted molar refractivity (Wildman–Crippen MR) is 198 cm³/mol. The predicted octanol–water partition coefficient (Wildman–Crippen LogP) is 8.71. The largest absolute Gasteiger partial charge is 0.416 e. The molecule has 1 aliphatic heterocycles. The fourth-order valence-electron chi connectivity index (χ4n) is 4.62. The minimum atomic E-state index is -5.48. The van der Waals surface area contributed by atoms with E-state index in [1.807, 2.05) is 0 Å². The number of pyridine rings is 1. The second kappa shape index (κ2) is 16.7. The molecule has 0 radical (unpaired) electrons. The Morgan fingerprint density at radius 2 is 1.68 bits per heavy atom. The second-order valence-electron chi connectivity index (χ2n) is 10.9. The van der Waals surface area contributed by atoms with Crippen LogP contribution in [-0.4, -0.2) is 59.5 Å². The number of hydrogen-bond donors (Lipinski definition) is 0. The number of ether oxygens (including phenoxy) is 1. The maximum Gasteiger partial charge on any atom is 0.416 e. The number of hydrogen-bond acceptors (Lipinski definition) is 5. The third kappa shape index (κ3) is 9.17. The van der Waals surface area contributed by atoms with Crippen molar-refractivity contribution in [2.75, 3.05) is 33.3 Å². The molecule has 0 bridgehead atoms. The van der Waals surface area contributed by atoms with Crippen LogP contribution in [0.5, 0.6) is 0 Å². The number of amides is 1. The molecule has 1 fully saturated rings. The Morgan fingerprint density at radius 3 is 2.34 bits per heavy atom. The van der Waals surface area contributed by atoms with Crippen LogP contribution in [0.25, 0.3) is 22.0 Å². The van der Waals surface area contributed by atoms with Gasteiger partial charge < -0.3 is 19.1 Å². The maximum atomic E-state index is 15.6. The van der Waals surface area contributed by atoms with E-state index >= 15 is 9.18 Å². The van der Waals surface area contributed by atoms with Gasteiger partial charge in [-0.25, -0.2) is 8.78 Å². The third-order valence-corrected chi connectivity index (χ3v) is 8.26. The molecule has 0 spiro atoms. The Balaban J connectivity index is 1.72. The Hall–Kier alpha value is -4.52. The highest BCUT2D eigenvalue weighted by molar-refractivity contribution is 7.98. The first-order chi connectivity index (χ1) is 35.1. The molecule has 0 aliphatic carbocycles. The van der Waals surface area contributed by atoms with Gasteiger partial charge in [-0.15, -0.1) is 11.8 Å². The van der Waals surface area contributed by atoms with Crippen molar-refractivity contribution < 1.29 is 64.4 Å². The Bertz CT molecular complexity index is 3280. The van der Waals surface area contributed by atoms with Crippen LogP contribution in [0.1, 0.15) is 67.9 Å². The second-order valence-corrected chi connectivity index (χ2v) is 11.9. The smallest absolute Gasteiger partial charge is 0.383 e. The first kappa shape index (κ1) is 18.2. The molecule has 0 atom stereocenters. The van der Waals surface area contributed by atoms with Crippen molar-refractivity contribution in [3.8, 4) is 11.1 Å². The fraction of sp³-hybridized carbons (Fsp3) is 0.317. The molecule has 0 N–H and O–H groups in total. The van der Waals surface area contributed by atoms with Crippen molar-refractivity contribution in [3.05, 3.63) is 135 Å². The Morgan fingerprint density at radius 1 is 1.00 bits per heavy atom. The van der Waals surface area contributed by atoms with Crippen molar-refractivity contribution >= 4 is 28.6 Å². The van der Waals surface area contributed by atoms with Crippen molar-refractivity contribution in [1.82, 2.24) is 14.4 Å². The molecule has 53 heavy (non-hydrogen) atoms. The van der Waals surface area contributed by atoms with Crippen LogP contribution in [0.3, 0.4) is 0 Å². The molecule has 12 heteroatoms. The van der Waals surface area contributed by atoms with E-state index in [4.69, 9.17) is 30.8 Å². The van der Waals surface area contributed by atoms with Gasteiger partial charge in [0.25, 0.3) is 0 Å². The summed E-state index contributed by atoms with van der Waals surface area (Å²) in [5, 5.41) is -1.77. The number of likely N-dealkylation sites (tertiary alicyclic amines) is 1. The first-order valence-electron chi connectivity index (χ1n) is 27.1. The molecule has 278 valence electrons. The van der Waals surface area contributed by atoms with Gasteiger partial charge in [0.15, 0.2) is 17.1 Å². The number of halogens is 5. The zero-order valence-corrected chi connectivity index (χ0v) is 28.2. The molecule has 6 rings (SSSR count). The number of thioether (sulfide) groups is 1. The van der Waals surface area contributed by atoms with E-state index in [1.54, 1.807) is 0 Å². The zero-order chi connectivity index (χ0) is 58.8. The molecule has 1 saturated heterocycles. The lowest BCUT2D eigenvalue weighted by Gasteiger charge is -2.39. The summed E-state index contributed by atoms with van der Waals surface area (Å²) in [4.78, 5) is 29.3. The van der Waals surface area contributed by atoms with Crippen LogP contribution in [0, 0.1) is 18.6 Å². The summed E-state index contributed by atoms with van der Waals surface area (Å²) in [7, 11) is 1.06. The van der Waals surface area contributed by atoms with E-state index in [0.29, 0.717) is 4.57 Å². The quantitative estimate of drug-likeness (QED) is 0.0939. The number of alkyl halides is 3. The summed E-state index contributed by atoms with van der Waals surface area (Å²) in [6, 6.07) is -23.9. The van der Waals surface area contributed by atoms with Gasteiger partial charge in [-0.05, 0) is 66.6 Å². The number of nitrogens with zero attached hydrogens (tertiary/aromatic N) is 3. The lowest BCUT2D eigenvalue weighted by molar-refractivity contribution is -0.137. The number of carbonyl (C=O) groups is 1. The van der Waals surface area contributed by atoms with E-state index in [1.165, 1.54) is 0 Å². The van der Waals surface area contributed by atoms with Crippen molar-refractivity contribution in [2.45, 2.75) is 55.7 Å². The fourth-order valence-corrected chi connectivity index (χ4v) is 5.58. The summed E-state index contributed by atoms with van der Waals surface area (Å²) >= 11 is 0.111. The van der Waals surface area contributed by atoms with Crippen molar-refractivity contribution in [3.63, 3.8) is 0 Å². The highest BCUT2D eigenvalue weighted by atomic mass is 32.2. The third-order valence-electron chi connectivity index (χ3n) is 7.23. The minimum Gasteiger partial charge on any atom is -0.383 e. The van der Waals surface area contributed by atoms with Gasteiger partial charge in [-0.3, -0.25) is 9.59 Å². The lowest BCUT2D eigenvalue weighted by atomic mass is 10.00. The molecule has 6 nitrogen and oxygen atoms in total. The molecule has 5 aromatic rings. The number of rotatable bonds is 12. The number of piperidine rings is 1. The highest BCUT2D eigenvalue weighted by Gasteiger charge is 2.31. The summed E-state index contributed by atoms with van der Waals surface area (Å²) in [5.41, 5.74) is -9.27. The van der Waals surface area contributed by atoms with Gasteiger partial charge >= 0.3 is 6.18 Å². The molecule has 0 saturated carbocycles. The van der Waals surface area contributed by atoms with Gasteiger partial charge in [0.1, 0.15) is 6.54 Å². The standard InChI is InChI=1S/C41H40F5N3O3S/c1-27-6-15-36-34(22-27)37(50)23-39(53-26-31-4-3-5-35(42)40(31)43)49(36)25-38(51)48(33-16-18-47(19-17-33)20-21-52-2)24-28-7-9-29(10-8-28)30-11-13-32(14-12-30)41(44,45)46/h3-15,22-23,33H,16-21,24-26H2,1-2H3/i3D,4D,5D,6D,7D,8D,9D,10D,11D,12D,13D,14D,15D,16D2,17D2,18D2,19D2,22D,23D,33D. The maximum absolute atomic E-state index is 15.6. The lowest BCUT2D eigenvalue weighted by Crippen LogP contribution is -2.48. The van der Waals surface area contributed by atoms with Gasteiger partial charge in [0, 0.05) is 72.9 Å². The highest BCUT2D eigenvalue weighted by Crippen LogP contribution is 2.32.